The average Bonchev–Trinajstić information content (AvgIpc) is 2.63. The lowest BCUT2D eigenvalue weighted by molar-refractivity contribution is 0.101. The molecule has 6 nitrogen and oxygen atoms in total. The number of phenols is 2. The second-order valence-corrected chi connectivity index (χ2v) is 6.04. The lowest BCUT2D eigenvalue weighted by atomic mass is 10.1. The Bertz CT molecular complexity index is 977. The molecule has 0 bridgehead atoms. The molecule has 0 radical (unpaired) electrons. The van der Waals surface area contributed by atoms with Crippen molar-refractivity contribution >= 4 is 23.2 Å². The fourth-order valence-corrected chi connectivity index (χ4v) is 2.59. The van der Waals surface area contributed by atoms with Gasteiger partial charge in [0.2, 0.25) is 0 Å². The quantitative estimate of drug-likeness (QED) is 0.565. The molecule has 0 aliphatic carbocycles. The van der Waals surface area contributed by atoms with Crippen LogP contribution < -0.4 is 10.6 Å². The molecule has 0 saturated carbocycles. The molecular weight excluding hydrogens is 344 g/mol. The second-order valence-electron chi connectivity index (χ2n) is 6.04. The van der Waals surface area contributed by atoms with Crippen molar-refractivity contribution in [1.82, 2.24) is 0 Å². The summed E-state index contributed by atoms with van der Waals surface area (Å²) in [5.74, 6) is -1.08. The monoisotopic (exact) mass is 362 g/mol. The van der Waals surface area contributed by atoms with Gasteiger partial charge in [-0.05, 0) is 55.0 Å². The normalized spacial score (nSPS) is 10.3. The van der Waals surface area contributed by atoms with Crippen LogP contribution in [0.2, 0.25) is 0 Å². The van der Waals surface area contributed by atoms with Crippen molar-refractivity contribution in [3.63, 3.8) is 0 Å². The van der Waals surface area contributed by atoms with Crippen LogP contribution in [0.3, 0.4) is 0 Å². The maximum Gasteiger partial charge on any atom is 0.255 e. The maximum absolute atomic E-state index is 12.3. The van der Waals surface area contributed by atoms with E-state index < -0.39 is 5.91 Å². The van der Waals surface area contributed by atoms with Crippen molar-refractivity contribution in [3.05, 3.63) is 83.4 Å². The van der Waals surface area contributed by atoms with Gasteiger partial charge in [0.05, 0.1) is 0 Å². The Hall–Kier alpha value is -3.80. The number of benzene rings is 3. The molecule has 0 saturated heterocycles. The summed E-state index contributed by atoms with van der Waals surface area (Å²) >= 11 is 0. The Labute approximate surface area is 156 Å². The molecule has 0 aliphatic rings. The first-order valence-electron chi connectivity index (χ1n) is 8.24. The largest absolute Gasteiger partial charge is 0.508 e. The fraction of sp³-hybridized carbons (Fsp3) is 0.0476. The first-order valence-corrected chi connectivity index (χ1v) is 8.24. The first kappa shape index (κ1) is 18.0. The van der Waals surface area contributed by atoms with Crippen molar-refractivity contribution in [2.75, 3.05) is 10.6 Å². The highest BCUT2D eigenvalue weighted by atomic mass is 16.3. The maximum atomic E-state index is 12.3. The number of amides is 2. The molecule has 2 amide bonds. The first-order chi connectivity index (χ1) is 12.9. The van der Waals surface area contributed by atoms with Gasteiger partial charge in [-0.1, -0.05) is 18.2 Å². The summed E-state index contributed by atoms with van der Waals surface area (Å²) in [6.45, 7) is 1.87. The second kappa shape index (κ2) is 7.61. The van der Waals surface area contributed by atoms with Gasteiger partial charge in [0, 0.05) is 28.6 Å². The molecule has 6 heteroatoms. The average molecular weight is 362 g/mol. The highest BCUT2D eigenvalue weighted by Crippen LogP contribution is 2.22. The van der Waals surface area contributed by atoms with E-state index in [1.165, 1.54) is 12.1 Å². The SMILES string of the molecule is Cc1ccccc1C(=O)Nc1ccc(NC(=O)c2cc(O)cc(O)c2)cc1. The highest BCUT2D eigenvalue weighted by Gasteiger charge is 2.10. The van der Waals surface area contributed by atoms with Crippen LogP contribution in [0.4, 0.5) is 11.4 Å². The molecule has 0 fully saturated rings. The lowest BCUT2D eigenvalue weighted by Gasteiger charge is -2.09. The van der Waals surface area contributed by atoms with Crippen LogP contribution >= 0.6 is 0 Å². The molecular formula is C21H18N2O4. The number of aryl methyl sites for hydroxylation is 1. The smallest absolute Gasteiger partial charge is 0.255 e. The van der Waals surface area contributed by atoms with E-state index in [0.29, 0.717) is 16.9 Å². The van der Waals surface area contributed by atoms with E-state index in [1.807, 2.05) is 19.1 Å². The van der Waals surface area contributed by atoms with Crippen LogP contribution in [0, 0.1) is 6.92 Å². The van der Waals surface area contributed by atoms with Gasteiger partial charge >= 0.3 is 0 Å². The Morgan fingerprint density at radius 1 is 0.741 bits per heavy atom. The minimum absolute atomic E-state index is 0.129. The van der Waals surface area contributed by atoms with Gasteiger partial charge in [-0.15, -0.1) is 0 Å². The van der Waals surface area contributed by atoms with Crippen molar-refractivity contribution in [2.45, 2.75) is 6.92 Å². The molecule has 3 rings (SSSR count). The van der Waals surface area contributed by atoms with E-state index in [9.17, 15) is 19.8 Å². The summed E-state index contributed by atoms with van der Waals surface area (Å²) in [4.78, 5) is 24.5. The van der Waals surface area contributed by atoms with E-state index in [-0.39, 0.29) is 23.0 Å². The molecule has 0 aliphatic heterocycles. The van der Waals surface area contributed by atoms with Crippen LogP contribution in [-0.2, 0) is 0 Å². The Kier molecular flexibility index (Phi) is 5.08. The van der Waals surface area contributed by atoms with Crippen molar-refractivity contribution in [1.29, 1.82) is 0 Å². The summed E-state index contributed by atoms with van der Waals surface area (Å²) in [7, 11) is 0. The van der Waals surface area contributed by atoms with Crippen LogP contribution in [0.15, 0.2) is 66.7 Å². The summed E-state index contributed by atoms with van der Waals surface area (Å²) in [5, 5.41) is 24.4. The van der Waals surface area contributed by atoms with E-state index in [1.54, 1.807) is 36.4 Å². The number of anilines is 2. The fourth-order valence-electron chi connectivity index (χ4n) is 2.59. The zero-order valence-corrected chi connectivity index (χ0v) is 14.6. The van der Waals surface area contributed by atoms with Gasteiger partial charge < -0.3 is 20.8 Å². The van der Waals surface area contributed by atoms with Crippen LogP contribution in [0.5, 0.6) is 11.5 Å². The number of carbonyl (C=O) groups excluding carboxylic acids is 2. The van der Waals surface area contributed by atoms with Gasteiger partial charge in [-0.2, -0.15) is 0 Å². The van der Waals surface area contributed by atoms with Gasteiger partial charge in [-0.3, -0.25) is 9.59 Å². The molecule has 0 unspecified atom stereocenters. The topological polar surface area (TPSA) is 98.7 Å². The number of nitrogens with one attached hydrogen (secondary N) is 2. The molecule has 0 heterocycles. The number of hydrogen-bond acceptors (Lipinski definition) is 4. The molecule has 27 heavy (non-hydrogen) atoms. The molecule has 0 atom stereocenters. The molecule has 0 aromatic heterocycles. The van der Waals surface area contributed by atoms with E-state index in [4.69, 9.17) is 0 Å². The lowest BCUT2D eigenvalue weighted by Crippen LogP contribution is -2.14. The third kappa shape index (κ3) is 4.43. The third-order valence-electron chi connectivity index (χ3n) is 3.96. The number of carbonyl (C=O) groups is 2. The number of rotatable bonds is 4. The number of phenolic OH excluding ortho intramolecular Hbond substituents is 2. The summed E-state index contributed by atoms with van der Waals surface area (Å²) in [6.07, 6.45) is 0. The minimum Gasteiger partial charge on any atom is -0.508 e. The number of aromatic hydroxyl groups is 2. The molecule has 3 aromatic carbocycles. The van der Waals surface area contributed by atoms with E-state index in [0.717, 1.165) is 11.6 Å². The predicted octanol–water partition coefficient (Wildman–Crippen LogP) is 3.91. The van der Waals surface area contributed by atoms with E-state index >= 15 is 0 Å². The van der Waals surface area contributed by atoms with Gasteiger partial charge in [-0.25, -0.2) is 0 Å². The van der Waals surface area contributed by atoms with Crippen molar-refractivity contribution < 1.29 is 19.8 Å². The van der Waals surface area contributed by atoms with Crippen LogP contribution in [-0.4, -0.2) is 22.0 Å². The molecule has 4 N–H and O–H groups in total. The Morgan fingerprint density at radius 2 is 1.26 bits per heavy atom. The summed E-state index contributed by atoms with van der Waals surface area (Å²) in [6, 6.07) is 17.6. The minimum atomic E-state index is -0.474. The van der Waals surface area contributed by atoms with Gasteiger partial charge in [0.25, 0.3) is 11.8 Å². The molecule has 0 spiro atoms. The Balaban J connectivity index is 1.67. The Morgan fingerprint density at radius 3 is 1.81 bits per heavy atom. The predicted molar refractivity (Wildman–Crippen MR) is 103 cm³/mol. The van der Waals surface area contributed by atoms with Gasteiger partial charge in [0.1, 0.15) is 11.5 Å². The zero-order valence-electron chi connectivity index (χ0n) is 14.6. The number of hydrogen-bond donors (Lipinski definition) is 4. The van der Waals surface area contributed by atoms with Crippen LogP contribution in [0.1, 0.15) is 26.3 Å². The molecule has 3 aromatic rings. The van der Waals surface area contributed by atoms with Crippen molar-refractivity contribution in [3.8, 4) is 11.5 Å². The standard InChI is InChI=1S/C21H18N2O4/c1-13-4-2-3-5-19(13)21(27)23-16-8-6-15(7-9-16)22-20(26)14-10-17(24)12-18(25)11-14/h2-12,24-25H,1H3,(H,22,26)(H,23,27). The highest BCUT2D eigenvalue weighted by molar-refractivity contribution is 6.06. The molecule has 136 valence electrons. The third-order valence-corrected chi connectivity index (χ3v) is 3.96. The van der Waals surface area contributed by atoms with Gasteiger partial charge in [0.15, 0.2) is 0 Å². The summed E-state index contributed by atoms with van der Waals surface area (Å²) in [5.41, 5.74) is 2.71. The van der Waals surface area contributed by atoms with Crippen LogP contribution in [0.25, 0.3) is 0 Å². The zero-order chi connectivity index (χ0) is 19.4. The van der Waals surface area contributed by atoms with Crippen molar-refractivity contribution in [2.24, 2.45) is 0 Å². The summed E-state index contributed by atoms with van der Waals surface area (Å²) < 4.78 is 0. The van der Waals surface area contributed by atoms with E-state index in [2.05, 4.69) is 10.6 Å².